The smallest absolute Gasteiger partial charge is 0.358 e. The van der Waals surface area contributed by atoms with Crippen molar-refractivity contribution in [3.8, 4) is 0 Å². The van der Waals surface area contributed by atoms with E-state index in [1.54, 1.807) is 11.6 Å². The minimum Gasteiger partial charge on any atom is -0.358 e. The molecule has 0 aromatic carbocycles. The average molecular weight is 346 g/mol. The van der Waals surface area contributed by atoms with Crippen LogP contribution in [0.25, 0.3) is 0 Å². The van der Waals surface area contributed by atoms with Crippen molar-refractivity contribution in [2.45, 2.75) is 58.4 Å². The minimum atomic E-state index is -0.503. The fourth-order valence-electron chi connectivity index (χ4n) is 5.90. The molecule has 1 aromatic heterocycles. The summed E-state index contributed by atoms with van der Waals surface area (Å²) in [7, 11) is 0. The molecule has 1 amide bonds. The van der Waals surface area contributed by atoms with E-state index in [4.69, 9.17) is 0 Å². The van der Waals surface area contributed by atoms with Gasteiger partial charge in [0.25, 0.3) is 0 Å². The van der Waals surface area contributed by atoms with Gasteiger partial charge in [0.1, 0.15) is 0 Å². The third-order valence-electron chi connectivity index (χ3n) is 6.53. The predicted octanol–water partition coefficient (Wildman–Crippen LogP) is 2.82. The molecule has 0 radical (unpaired) electrons. The summed E-state index contributed by atoms with van der Waals surface area (Å²) in [6.07, 6.45) is 8.38. The quantitative estimate of drug-likeness (QED) is 0.633. The number of nitrogens with one attached hydrogen (secondary N) is 1. The molecular formula is C18H26N4O3. The lowest BCUT2D eigenvalue weighted by Crippen LogP contribution is -2.51. The molecule has 0 saturated heterocycles. The SMILES string of the molecule is Cc1cc([N+](=O)[O-])nn1CCC(=O)NCC12CC3CC(CC(C3)C1)C2. The number of aryl methyl sites for hydroxylation is 2. The molecule has 136 valence electrons. The van der Waals surface area contributed by atoms with E-state index in [-0.39, 0.29) is 11.7 Å². The molecule has 1 N–H and O–H groups in total. The van der Waals surface area contributed by atoms with Crippen LogP contribution in [-0.2, 0) is 11.3 Å². The number of nitrogens with zero attached hydrogens (tertiary/aromatic N) is 3. The molecule has 4 fully saturated rings. The molecule has 0 atom stereocenters. The summed E-state index contributed by atoms with van der Waals surface area (Å²) in [5, 5.41) is 17.8. The van der Waals surface area contributed by atoms with Crippen LogP contribution in [0.2, 0.25) is 0 Å². The molecule has 7 heteroatoms. The monoisotopic (exact) mass is 346 g/mol. The number of hydrogen-bond donors (Lipinski definition) is 1. The number of amides is 1. The van der Waals surface area contributed by atoms with Crippen LogP contribution in [0.5, 0.6) is 0 Å². The van der Waals surface area contributed by atoms with Crippen molar-refractivity contribution in [1.29, 1.82) is 0 Å². The molecule has 4 saturated carbocycles. The fourth-order valence-corrected chi connectivity index (χ4v) is 5.90. The van der Waals surface area contributed by atoms with Gasteiger partial charge in [0.05, 0.1) is 23.4 Å². The lowest BCUT2D eigenvalue weighted by molar-refractivity contribution is -0.389. The van der Waals surface area contributed by atoms with Gasteiger partial charge in [-0.1, -0.05) is 0 Å². The summed E-state index contributed by atoms with van der Waals surface area (Å²) in [6, 6.07) is 1.44. The highest BCUT2D eigenvalue weighted by Gasteiger charge is 2.50. The van der Waals surface area contributed by atoms with E-state index >= 15 is 0 Å². The Labute approximate surface area is 147 Å². The van der Waals surface area contributed by atoms with Gasteiger partial charge < -0.3 is 15.4 Å². The van der Waals surface area contributed by atoms with Gasteiger partial charge in [-0.3, -0.25) is 4.79 Å². The standard InChI is InChI=1S/C18H26N4O3/c1-12-4-16(22(24)25)20-21(12)3-2-17(23)19-11-18-8-13-5-14(9-18)7-15(6-13)10-18/h4,13-15H,2-3,5-11H2,1H3,(H,19,23). The molecule has 4 bridgehead atoms. The lowest BCUT2D eigenvalue weighted by atomic mass is 9.49. The summed E-state index contributed by atoms with van der Waals surface area (Å²) in [5.74, 6) is 2.51. The van der Waals surface area contributed by atoms with Crippen LogP contribution in [0, 0.1) is 40.2 Å². The van der Waals surface area contributed by atoms with Crippen LogP contribution >= 0.6 is 0 Å². The first kappa shape index (κ1) is 16.5. The van der Waals surface area contributed by atoms with Crippen molar-refractivity contribution in [2.75, 3.05) is 6.54 Å². The van der Waals surface area contributed by atoms with Crippen molar-refractivity contribution in [3.05, 3.63) is 21.9 Å². The summed E-state index contributed by atoms with van der Waals surface area (Å²) in [4.78, 5) is 22.5. The third-order valence-corrected chi connectivity index (χ3v) is 6.53. The number of rotatable bonds is 6. The van der Waals surface area contributed by atoms with Crippen LogP contribution in [0.3, 0.4) is 0 Å². The van der Waals surface area contributed by atoms with Crippen LogP contribution < -0.4 is 5.32 Å². The lowest BCUT2D eigenvalue weighted by Gasteiger charge is -2.56. The second-order valence-corrected chi connectivity index (χ2v) is 8.57. The molecule has 7 nitrogen and oxygen atoms in total. The molecule has 1 heterocycles. The number of hydrogen-bond acceptors (Lipinski definition) is 4. The fraction of sp³-hybridized carbons (Fsp3) is 0.778. The molecule has 1 aromatic rings. The number of aromatic nitrogens is 2. The summed E-state index contributed by atoms with van der Waals surface area (Å²) >= 11 is 0. The summed E-state index contributed by atoms with van der Waals surface area (Å²) < 4.78 is 1.54. The van der Waals surface area contributed by atoms with E-state index in [2.05, 4.69) is 10.4 Å². The topological polar surface area (TPSA) is 90.1 Å². The van der Waals surface area contributed by atoms with E-state index in [1.165, 1.54) is 44.6 Å². The Kier molecular flexibility index (Phi) is 4.04. The molecule has 4 aliphatic carbocycles. The zero-order valence-electron chi connectivity index (χ0n) is 14.7. The average Bonchev–Trinajstić information content (AvgIpc) is 2.91. The van der Waals surface area contributed by atoms with E-state index in [0.29, 0.717) is 24.1 Å². The van der Waals surface area contributed by atoms with Crippen molar-refractivity contribution < 1.29 is 9.72 Å². The highest BCUT2D eigenvalue weighted by molar-refractivity contribution is 5.75. The van der Waals surface area contributed by atoms with Gasteiger partial charge in [-0.05, 0) is 73.5 Å². The van der Waals surface area contributed by atoms with Crippen LogP contribution in [0.15, 0.2) is 6.07 Å². The third kappa shape index (κ3) is 3.28. The Balaban J connectivity index is 1.29. The van der Waals surface area contributed by atoms with E-state index < -0.39 is 4.92 Å². The first-order valence-electron chi connectivity index (χ1n) is 9.38. The summed E-state index contributed by atoms with van der Waals surface area (Å²) in [5.41, 5.74) is 1.05. The van der Waals surface area contributed by atoms with Gasteiger partial charge in [0.15, 0.2) is 0 Å². The molecule has 0 aliphatic heterocycles. The highest BCUT2D eigenvalue weighted by atomic mass is 16.6. The Hall–Kier alpha value is -1.92. The molecule has 0 spiro atoms. The van der Waals surface area contributed by atoms with E-state index in [0.717, 1.165) is 24.3 Å². The Bertz CT molecular complexity index is 661. The van der Waals surface area contributed by atoms with Gasteiger partial charge in [0.2, 0.25) is 5.91 Å². The van der Waals surface area contributed by atoms with Gasteiger partial charge in [-0.2, -0.15) is 4.68 Å². The Morgan fingerprint density at radius 2 is 1.92 bits per heavy atom. The molecule has 4 aliphatic rings. The van der Waals surface area contributed by atoms with E-state index in [1.807, 2.05) is 0 Å². The van der Waals surface area contributed by atoms with Gasteiger partial charge >= 0.3 is 5.82 Å². The zero-order valence-corrected chi connectivity index (χ0v) is 14.7. The van der Waals surface area contributed by atoms with E-state index in [9.17, 15) is 14.9 Å². The highest BCUT2D eigenvalue weighted by Crippen LogP contribution is 2.59. The van der Waals surface area contributed by atoms with Gasteiger partial charge in [-0.15, -0.1) is 0 Å². The largest absolute Gasteiger partial charge is 0.390 e. The predicted molar refractivity (Wildman–Crippen MR) is 91.9 cm³/mol. The minimum absolute atomic E-state index is 0.0216. The maximum atomic E-state index is 12.3. The zero-order chi connectivity index (χ0) is 17.6. The molecule has 5 rings (SSSR count). The first-order valence-corrected chi connectivity index (χ1v) is 9.38. The normalized spacial score (nSPS) is 32.8. The summed E-state index contributed by atoms with van der Waals surface area (Å²) in [6.45, 7) is 2.95. The maximum Gasteiger partial charge on any atom is 0.390 e. The number of nitro groups is 1. The molecule has 25 heavy (non-hydrogen) atoms. The van der Waals surface area contributed by atoms with Crippen molar-refractivity contribution in [2.24, 2.45) is 23.2 Å². The van der Waals surface area contributed by atoms with Crippen molar-refractivity contribution in [3.63, 3.8) is 0 Å². The molecule has 0 unspecified atom stereocenters. The Morgan fingerprint density at radius 3 is 2.44 bits per heavy atom. The van der Waals surface area contributed by atoms with Crippen molar-refractivity contribution in [1.82, 2.24) is 15.1 Å². The van der Waals surface area contributed by atoms with Crippen LogP contribution in [0.4, 0.5) is 5.82 Å². The maximum absolute atomic E-state index is 12.3. The van der Waals surface area contributed by atoms with Crippen LogP contribution in [0.1, 0.15) is 50.6 Å². The Morgan fingerprint density at radius 1 is 1.32 bits per heavy atom. The second kappa shape index (κ2) is 6.11. The first-order chi connectivity index (χ1) is 11.9. The van der Waals surface area contributed by atoms with Crippen LogP contribution in [-0.4, -0.2) is 27.2 Å². The number of carbonyl (C=O) groups is 1. The second-order valence-electron chi connectivity index (χ2n) is 8.57. The van der Waals surface area contributed by atoms with Crippen molar-refractivity contribution >= 4 is 11.7 Å². The van der Waals surface area contributed by atoms with Gasteiger partial charge in [0, 0.05) is 13.0 Å². The molecular weight excluding hydrogens is 320 g/mol. The van der Waals surface area contributed by atoms with Gasteiger partial charge in [-0.25, -0.2) is 0 Å². The number of carbonyl (C=O) groups excluding carboxylic acids is 1.